The highest BCUT2D eigenvalue weighted by Gasteiger charge is 2.41. The van der Waals surface area contributed by atoms with Gasteiger partial charge in [-0.25, -0.2) is 4.79 Å². The highest BCUT2D eigenvalue weighted by Crippen LogP contribution is 2.37. The quantitative estimate of drug-likeness (QED) is 0.338. The Labute approximate surface area is 211 Å². The molecule has 0 aliphatic carbocycles. The van der Waals surface area contributed by atoms with Crippen molar-refractivity contribution in [3.05, 3.63) is 36.9 Å². The first-order chi connectivity index (χ1) is 16.6. The summed E-state index contributed by atoms with van der Waals surface area (Å²) >= 11 is 1.47. The summed E-state index contributed by atoms with van der Waals surface area (Å²) in [5.74, 6) is -1.53. The number of anilines is 2. The Morgan fingerprint density at radius 1 is 1.34 bits per heavy atom. The zero-order valence-corrected chi connectivity index (χ0v) is 21.5. The zero-order valence-electron chi connectivity index (χ0n) is 20.7. The van der Waals surface area contributed by atoms with Crippen LogP contribution in [0.2, 0.25) is 0 Å². The molecular formula is C25H34N4O5S. The number of esters is 1. The minimum atomic E-state index is -0.939. The van der Waals surface area contributed by atoms with E-state index in [2.05, 4.69) is 17.2 Å². The van der Waals surface area contributed by atoms with Gasteiger partial charge in [-0.1, -0.05) is 18.7 Å². The molecule has 0 aromatic heterocycles. The van der Waals surface area contributed by atoms with Crippen molar-refractivity contribution < 1.29 is 23.9 Å². The smallest absolute Gasteiger partial charge is 0.412 e. The molecule has 1 heterocycles. The number of carbonyl (C=O) groups excluding carboxylic acids is 3. The molecule has 1 aromatic rings. The van der Waals surface area contributed by atoms with Crippen LogP contribution in [0.5, 0.6) is 0 Å². The molecule has 35 heavy (non-hydrogen) atoms. The van der Waals surface area contributed by atoms with Crippen molar-refractivity contribution in [2.45, 2.75) is 56.8 Å². The summed E-state index contributed by atoms with van der Waals surface area (Å²) in [7, 11) is 0. The van der Waals surface area contributed by atoms with Gasteiger partial charge in [0.05, 0.1) is 16.7 Å². The molecule has 3 unspecified atom stereocenters. The van der Waals surface area contributed by atoms with Crippen LogP contribution in [-0.4, -0.2) is 58.8 Å². The van der Waals surface area contributed by atoms with Crippen LogP contribution >= 0.6 is 11.8 Å². The molecule has 1 fully saturated rings. The van der Waals surface area contributed by atoms with Crippen molar-refractivity contribution in [3.63, 3.8) is 0 Å². The van der Waals surface area contributed by atoms with Gasteiger partial charge in [-0.05, 0) is 52.3 Å². The zero-order chi connectivity index (χ0) is 26.0. The minimum Gasteiger partial charge on any atom is -0.460 e. The van der Waals surface area contributed by atoms with E-state index in [0.717, 1.165) is 5.69 Å². The minimum absolute atomic E-state index is 0.000733. The van der Waals surface area contributed by atoms with Gasteiger partial charge < -0.3 is 19.7 Å². The van der Waals surface area contributed by atoms with Crippen LogP contribution in [0.1, 0.15) is 40.5 Å². The van der Waals surface area contributed by atoms with E-state index in [9.17, 15) is 19.6 Å². The molecular weight excluding hydrogens is 468 g/mol. The fourth-order valence-electron chi connectivity index (χ4n) is 3.50. The van der Waals surface area contributed by atoms with Crippen LogP contribution in [0.3, 0.4) is 0 Å². The first-order valence-corrected chi connectivity index (χ1v) is 12.5. The largest absolute Gasteiger partial charge is 0.460 e. The number of nitrogens with one attached hydrogen (secondary N) is 2. The number of ether oxygens (including phenoxy) is 2. The van der Waals surface area contributed by atoms with E-state index in [-0.39, 0.29) is 29.6 Å². The van der Waals surface area contributed by atoms with Gasteiger partial charge >= 0.3 is 12.1 Å². The summed E-state index contributed by atoms with van der Waals surface area (Å²) < 4.78 is 10.3. The Morgan fingerprint density at radius 2 is 2.06 bits per heavy atom. The number of hydrogen-bond acceptors (Lipinski definition) is 8. The normalized spacial score (nSPS) is 18.4. The van der Waals surface area contributed by atoms with Gasteiger partial charge in [0, 0.05) is 30.9 Å². The molecule has 0 radical (unpaired) electrons. The Kier molecular flexibility index (Phi) is 10.5. The van der Waals surface area contributed by atoms with Crippen molar-refractivity contribution >= 4 is 41.1 Å². The molecule has 0 bridgehead atoms. The number of rotatable bonds is 11. The van der Waals surface area contributed by atoms with Gasteiger partial charge in [-0.3, -0.25) is 14.9 Å². The second kappa shape index (κ2) is 13.0. The Hall–Kier alpha value is -3.19. The first-order valence-electron chi connectivity index (χ1n) is 11.5. The lowest BCUT2D eigenvalue weighted by molar-refractivity contribution is -0.146. The topological polar surface area (TPSA) is 121 Å². The number of amides is 2. The van der Waals surface area contributed by atoms with E-state index in [1.807, 2.05) is 25.1 Å². The maximum Gasteiger partial charge on any atom is 0.412 e. The Balaban J connectivity index is 1.91. The molecule has 9 nitrogen and oxygen atoms in total. The van der Waals surface area contributed by atoms with Gasteiger partial charge in [0.1, 0.15) is 18.1 Å². The number of nitrogens with zero attached hydrogens (tertiary/aromatic N) is 2. The highest BCUT2D eigenvalue weighted by atomic mass is 32.2. The van der Waals surface area contributed by atoms with E-state index < -0.39 is 23.6 Å². The third-order valence-electron chi connectivity index (χ3n) is 5.03. The predicted molar refractivity (Wildman–Crippen MR) is 137 cm³/mol. The molecule has 190 valence electrons. The van der Waals surface area contributed by atoms with Crippen LogP contribution in [0.25, 0.3) is 0 Å². The van der Waals surface area contributed by atoms with Crippen LogP contribution in [0.15, 0.2) is 36.9 Å². The van der Waals surface area contributed by atoms with Gasteiger partial charge in [0.25, 0.3) is 0 Å². The summed E-state index contributed by atoms with van der Waals surface area (Å²) in [6.07, 6.45) is 1.71. The maximum atomic E-state index is 12.9. The first kappa shape index (κ1) is 28.1. The molecule has 1 saturated heterocycles. The monoisotopic (exact) mass is 502 g/mol. The molecule has 1 aliphatic rings. The lowest BCUT2D eigenvalue weighted by Crippen LogP contribution is -2.36. The van der Waals surface area contributed by atoms with Crippen LogP contribution in [0.4, 0.5) is 16.2 Å². The van der Waals surface area contributed by atoms with Gasteiger partial charge in [0.2, 0.25) is 5.91 Å². The van der Waals surface area contributed by atoms with Crippen molar-refractivity contribution in [1.82, 2.24) is 4.90 Å². The van der Waals surface area contributed by atoms with Crippen molar-refractivity contribution in [2.75, 3.05) is 30.3 Å². The van der Waals surface area contributed by atoms with E-state index in [1.165, 1.54) is 17.8 Å². The molecule has 2 amide bonds. The molecule has 1 aromatic carbocycles. The third-order valence-corrected chi connectivity index (χ3v) is 6.56. The molecule has 2 rings (SSSR count). The Morgan fingerprint density at radius 3 is 2.69 bits per heavy atom. The fraction of sp³-hybridized carbons (Fsp3) is 0.520. The molecule has 10 heteroatoms. The van der Waals surface area contributed by atoms with E-state index >= 15 is 0 Å². The Bertz CT molecular complexity index is 956. The second-order valence-corrected chi connectivity index (χ2v) is 10.3. The van der Waals surface area contributed by atoms with Gasteiger partial charge in [-0.2, -0.15) is 5.26 Å². The number of nitriles is 1. The van der Waals surface area contributed by atoms with Gasteiger partial charge in [-0.15, -0.1) is 11.8 Å². The second-order valence-electron chi connectivity index (χ2n) is 8.96. The van der Waals surface area contributed by atoms with Crippen LogP contribution in [0, 0.1) is 17.2 Å². The number of hydrogen-bond donors (Lipinski definition) is 2. The summed E-state index contributed by atoms with van der Waals surface area (Å²) in [6.45, 7) is 11.9. The van der Waals surface area contributed by atoms with E-state index in [0.29, 0.717) is 25.2 Å². The van der Waals surface area contributed by atoms with Crippen molar-refractivity contribution in [1.29, 1.82) is 5.26 Å². The average Bonchev–Trinajstić information content (AvgIpc) is 3.08. The number of benzene rings is 1. The van der Waals surface area contributed by atoms with Crippen molar-refractivity contribution in [2.24, 2.45) is 5.92 Å². The molecule has 2 N–H and O–H groups in total. The predicted octanol–water partition coefficient (Wildman–Crippen LogP) is 4.38. The van der Waals surface area contributed by atoms with E-state index in [4.69, 9.17) is 9.47 Å². The standard InChI is InChI=1S/C25H34N4O5S/c1-6-13-33-23(31)17(16-26)14-21-29(7-2)22(30)20(35-21)11-12-27-18-9-8-10-19(15-18)28-24(32)34-25(3,4)5/h6,8-10,15,17,20-21,27H,1,7,11-14H2,2-5H3,(H,28,32). The van der Waals surface area contributed by atoms with Gasteiger partial charge in [0.15, 0.2) is 0 Å². The third kappa shape index (κ3) is 8.83. The summed E-state index contributed by atoms with van der Waals surface area (Å²) in [5, 5.41) is 14.9. The van der Waals surface area contributed by atoms with Crippen LogP contribution < -0.4 is 10.6 Å². The fourth-order valence-corrected chi connectivity index (χ4v) is 5.09. The average molecular weight is 503 g/mol. The molecule has 0 saturated carbocycles. The number of carbonyl (C=O) groups is 3. The maximum absolute atomic E-state index is 12.9. The molecule has 3 atom stereocenters. The number of thioether (sulfide) groups is 1. The summed E-state index contributed by atoms with van der Waals surface area (Å²) in [6, 6.07) is 9.24. The molecule has 0 spiro atoms. The van der Waals surface area contributed by atoms with Crippen molar-refractivity contribution in [3.8, 4) is 6.07 Å². The highest BCUT2D eigenvalue weighted by molar-refractivity contribution is 8.01. The van der Waals surface area contributed by atoms with E-state index in [1.54, 1.807) is 37.8 Å². The lowest BCUT2D eigenvalue weighted by Gasteiger charge is -2.23. The summed E-state index contributed by atoms with van der Waals surface area (Å²) in [5.41, 5.74) is 0.806. The van der Waals surface area contributed by atoms with Crippen LogP contribution in [-0.2, 0) is 19.1 Å². The molecule has 1 aliphatic heterocycles. The lowest BCUT2D eigenvalue weighted by atomic mass is 10.1. The summed E-state index contributed by atoms with van der Waals surface area (Å²) in [4.78, 5) is 38.7. The SMILES string of the molecule is C=CCOC(=O)C(C#N)CC1SC(CCNc2cccc(NC(=O)OC(C)(C)C)c2)C(=O)N1CC.